The van der Waals surface area contributed by atoms with E-state index < -0.39 is 0 Å². The van der Waals surface area contributed by atoms with E-state index in [1.807, 2.05) is 70.4 Å². The molecular formula is C25H26ClN3O3. The van der Waals surface area contributed by atoms with Crippen molar-refractivity contribution in [1.82, 2.24) is 14.7 Å². The molecule has 1 aromatic heterocycles. The molecule has 1 spiro atoms. The predicted molar refractivity (Wildman–Crippen MR) is 122 cm³/mol. The van der Waals surface area contributed by atoms with Gasteiger partial charge in [0, 0.05) is 30.9 Å². The fraction of sp³-hybridized carbons (Fsp3) is 0.360. The molecule has 2 aliphatic rings. The summed E-state index contributed by atoms with van der Waals surface area (Å²) in [6.07, 6.45) is 6.16. The van der Waals surface area contributed by atoms with Crippen LogP contribution in [-0.2, 0) is 11.3 Å². The molecule has 1 amide bonds. The van der Waals surface area contributed by atoms with Gasteiger partial charge in [0.05, 0.1) is 30.3 Å². The van der Waals surface area contributed by atoms with Gasteiger partial charge in [-0.25, -0.2) is 0 Å². The van der Waals surface area contributed by atoms with Crippen molar-refractivity contribution in [3.63, 3.8) is 0 Å². The van der Waals surface area contributed by atoms with Crippen molar-refractivity contribution >= 4 is 17.5 Å². The number of piperidine rings is 1. The van der Waals surface area contributed by atoms with E-state index in [1.54, 1.807) is 6.20 Å². The maximum atomic E-state index is 13.5. The van der Waals surface area contributed by atoms with Gasteiger partial charge in [0.1, 0.15) is 11.9 Å². The van der Waals surface area contributed by atoms with E-state index in [4.69, 9.17) is 21.1 Å². The van der Waals surface area contributed by atoms with Gasteiger partial charge in [-0.1, -0.05) is 41.9 Å². The minimum absolute atomic E-state index is 0.0471. The second kappa shape index (κ2) is 8.96. The highest BCUT2D eigenvalue weighted by atomic mass is 35.5. The normalized spacial score (nSPS) is 22.9. The second-order valence-corrected chi connectivity index (χ2v) is 8.97. The molecule has 2 aliphatic heterocycles. The molecule has 2 atom stereocenters. The number of amides is 1. The van der Waals surface area contributed by atoms with Gasteiger partial charge in [-0.2, -0.15) is 5.10 Å². The van der Waals surface area contributed by atoms with E-state index in [-0.39, 0.29) is 17.6 Å². The van der Waals surface area contributed by atoms with E-state index in [0.29, 0.717) is 30.5 Å². The predicted octanol–water partition coefficient (Wildman–Crippen LogP) is 4.43. The molecule has 2 aromatic carbocycles. The zero-order valence-corrected chi connectivity index (χ0v) is 18.6. The summed E-state index contributed by atoms with van der Waals surface area (Å²) in [7, 11) is 0. The molecule has 166 valence electrons. The summed E-state index contributed by atoms with van der Waals surface area (Å²) in [5.41, 5.74) is 1.33. The summed E-state index contributed by atoms with van der Waals surface area (Å²) in [5, 5.41) is 4.88. The molecule has 0 bridgehead atoms. The minimum atomic E-state index is -0.364. The zero-order chi connectivity index (χ0) is 22.0. The number of carbonyl (C=O) groups excluding carboxylic acids is 1. The van der Waals surface area contributed by atoms with Crippen LogP contribution in [0.3, 0.4) is 0 Å². The lowest BCUT2D eigenvalue weighted by Crippen LogP contribution is -2.50. The number of para-hydroxylation sites is 1. The first-order valence-corrected chi connectivity index (χ1v) is 11.4. The van der Waals surface area contributed by atoms with Crippen LogP contribution in [0.15, 0.2) is 67.0 Å². The van der Waals surface area contributed by atoms with Crippen molar-refractivity contribution in [1.29, 1.82) is 0 Å². The van der Waals surface area contributed by atoms with Crippen LogP contribution in [0.1, 0.15) is 35.2 Å². The molecule has 0 aliphatic carbocycles. The van der Waals surface area contributed by atoms with Crippen LogP contribution in [0, 0.1) is 0 Å². The van der Waals surface area contributed by atoms with E-state index >= 15 is 0 Å². The van der Waals surface area contributed by atoms with Crippen LogP contribution in [0.4, 0.5) is 0 Å². The van der Waals surface area contributed by atoms with E-state index in [9.17, 15) is 4.79 Å². The number of rotatable bonds is 5. The molecule has 7 heteroatoms. The second-order valence-electron chi connectivity index (χ2n) is 8.56. The van der Waals surface area contributed by atoms with Gasteiger partial charge in [0.25, 0.3) is 5.91 Å². The van der Waals surface area contributed by atoms with Crippen molar-refractivity contribution in [2.24, 2.45) is 0 Å². The first kappa shape index (κ1) is 21.0. The number of halogens is 1. The zero-order valence-electron chi connectivity index (χ0n) is 17.8. The minimum Gasteiger partial charge on any atom is -0.486 e. The largest absolute Gasteiger partial charge is 0.486 e. The number of nitrogens with zero attached hydrogens (tertiary/aromatic N) is 3. The molecule has 2 fully saturated rings. The standard InChI is InChI=1S/C25H26ClN3O3/c26-22-9-3-4-10-23(22)32-20-15-25(31-17-20)11-5-13-28(18-25)24(30)21-8-2-1-7-19(21)16-29-14-6-12-27-29/h1-4,6-10,12,14,20H,5,11,13,15-18H2/t20-,25+/m1/s1. The highest BCUT2D eigenvalue weighted by Crippen LogP contribution is 2.37. The van der Waals surface area contributed by atoms with Gasteiger partial charge in [-0.05, 0) is 42.7 Å². The van der Waals surface area contributed by atoms with E-state index in [2.05, 4.69) is 5.10 Å². The van der Waals surface area contributed by atoms with Crippen LogP contribution >= 0.6 is 11.6 Å². The Morgan fingerprint density at radius 1 is 1.19 bits per heavy atom. The van der Waals surface area contributed by atoms with Crippen molar-refractivity contribution in [2.75, 3.05) is 19.7 Å². The fourth-order valence-corrected chi connectivity index (χ4v) is 4.94. The van der Waals surface area contributed by atoms with Crippen molar-refractivity contribution in [3.05, 3.63) is 83.1 Å². The third-order valence-corrected chi connectivity index (χ3v) is 6.58. The average molecular weight is 452 g/mol. The van der Waals surface area contributed by atoms with Crippen LogP contribution in [0.2, 0.25) is 5.02 Å². The van der Waals surface area contributed by atoms with Gasteiger partial charge < -0.3 is 14.4 Å². The number of hydrogen-bond donors (Lipinski definition) is 0. The van der Waals surface area contributed by atoms with Gasteiger partial charge in [-0.3, -0.25) is 9.48 Å². The molecule has 3 heterocycles. The summed E-state index contributed by atoms with van der Waals surface area (Å²) in [6.45, 7) is 2.38. The van der Waals surface area contributed by atoms with E-state index in [1.165, 1.54) is 0 Å². The Morgan fingerprint density at radius 3 is 2.88 bits per heavy atom. The molecule has 3 aromatic rings. The molecule has 5 rings (SSSR count). The Balaban J connectivity index is 1.28. The Bertz CT molecular complexity index is 1090. The lowest BCUT2D eigenvalue weighted by Gasteiger charge is -2.39. The molecular weight excluding hydrogens is 426 g/mol. The molecule has 0 N–H and O–H groups in total. The Labute approximate surface area is 192 Å². The summed E-state index contributed by atoms with van der Waals surface area (Å²) in [4.78, 5) is 15.4. The summed E-state index contributed by atoms with van der Waals surface area (Å²) in [6, 6.07) is 17.2. The number of benzene rings is 2. The topological polar surface area (TPSA) is 56.6 Å². The van der Waals surface area contributed by atoms with Crippen molar-refractivity contribution in [2.45, 2.75) is 37.5 Å². The summed E-state index contributed by atoms with van der Waals surface area (Å²) < 4.78 is 14.2. The number of carbonyl (C=O) groups is 1. The molecule has 6 nitrogen and oxygen atoms in total. The monoisotopic (exact) mass is 451 g/mol. The van der Waals surface area contributed by atoms with Gasteiger partial charge in [0.15, 0.2) is 0 Å². The van der Waals surface area contributed by atoms with Gasteiger partial charge in [0.2, 0.25) is 0 Å². The van der Waals surface area contributed by atoms with Crippen LogP contribution in [0.25, 0.3) is 0 Å². The number of likely N-dealkylation sites (tertiary alicyclic amines) is 1. The van der Waals surface area contributed by atoms with Crippen molar-refractivity contribution in [3.8, 4) is 5.75 Å². The Kier molecular flexibility index (Phi) is 5.89. The lowest BCUT2D eigenvalue weighted by molar-refractivity contribution is -0.0453. The third-order valence-electron chi connectivity index (χ3n) is 6.27. The Hall–Kier alpha value is -2.83. The van der Waals surface area contributed by atoms with Gasteiger partial charge >= 0.3 is 0 Å². The number of hydrogen-bond acceptors (Lipinski definition) is 4. The molecule has 2 saturated heterocycles. The number of ether oxygens (including phenoxy) is 2. The lowest BCUT2D eigenvalue weighted by atomic mass is 9.88. The van der Waals surface area contributed by atoms with Crippen LogP contribution in [0.5, 0.6) is 5.75 Å². The average Bonchev–Trinajstić information content (AvgIpc) is 3.46. The number of aromatic nitrogens is 2. The summed E-state index contributed by atoms with van der Waals surface area (Å²) in [5.74, 6) is 0.724. The first-order chi connectivity index (χ1) is 15.6. The molecule has 0 saturated carbocycles. The van der Waals surface area contributed by atoms with E-state index in [0.717, 1.165) is 36.9 Å². The Morgan fingerprint density at radius 2 is 2.03 bits per heavy atom. The molecule has 0 unspecified atom stereocenters. The highest BCUT2D eigenvalue weighted by Gasteiger charge is 2.45. The SMILES string of the molecule is O=C(c1ccccc1Cn1cccn1)N1CCC[C@]2(C[C@@H](Oc3ccccc3Cl)CO2)C1. The molecule has 0 radical (unpaired) electrons. The quantitative estimate of drug-likeness (QED) is 0.576. The smallest absolute Gasteiger partial charge is 0.254 e. The molecule has 32 heavy (non-hydrogen) atoms. The van der Waals surface area contributed by atoms with Crippen LogP contribution < -0.4 is 4.74 Å². The fourth-order valence-electron chi connectivity index (χ4n) is 4.76. The maximum Gasteiger partial charge on any atom is 0.254 e. The third kappa shape index (κ3) is 4.38. The van der Waals surface area contributed by atoms with Gasteiger partial charge in [-0.15, -0.1) is 0 Å². The first-order valence-electron chi connectivity index (χ1n) is 11.0. The van der Waals surface area contributed by atoms with Crippen LogP contribution in [-0.4, -0.2) is 52.0 Å². The maximum absolute atomic E-state index is 13.5. The van der Waals surface area contributed by atoms with Crippen molar-refractivity contribution < 1.29 is 14.3 Å². The summed E-state index contributed by atoms with van der Waals surface area (Å²) >= 11 is 6.25. The highest BCUT2D eigenvalue weighted by molar-refractivity contribution is 6.32.